The van der Waals surface area contributed by atoms with Gasteiger partial charge in [-0.25, -0.2) is 4.79 Å². The molecule has 0 spiro atoms. The highest BCUT2D eigenvalue weighted by molar-refractivity contribution is 5.88. The number of benzene rings is 1. The van der Waals surface area contributed by atoms with Crippen LogP contribution in [0.1, 0.15) is 38.6 Å². The Morgan fingerprint density at radius 2 is 2.10 bits per heavy atom. The average Bonchev–Trinajstić information content (AvgIpc) is 3.42. The number of tetrazole rings is 1. The monoisotopic (exact) mass is 417 g/mol. The Morgan fingerprint density at radius 1 is 1.33 bits per heavy atom. The molecule has 0 saturated heterocycles. The number of carbonyl (C=O) groups excluding carboxylic acids is 2. The number of aromatic amines is 1. The van der Waals surface area contributed by atoms with Crippen LogP contribution in [0.5, 0.6) is 0 Å². The Kier molecular flexibility index (Phi) is 6.63. The van der Waals surface area contributed by atoms with E-state index in [2.05, 4.69) is 31.3 Å². The van der Waals surface area contributed by atoms with Crippen molar-refractivity contribution < 1.29 is 19.6 Å². The minimum absolute atomic E-state index is 0.0648. The van der Waals surface area contributed by atoms with Crippen LogP contribution >= 0.6 is 0 Å². The maximum Gasteiger partial charge on any atom is 0.474 e. The van der Waals surface area contributed by atoms with Crippen LogP contribution < -0.4 is 15.6 Å². The third-order valence-electron chi connectivity index (χ3n) is 5.48. The van der Waals surface area contributed by atoms with Crippen LogP contribution in [-0.2, 0) is 17.8 Å². The van der Waals surface area contributed by atoms with Gasteiger partial charge in [0.2, 0.25) is 5.91 Å². The highest BCUT2D eigenvalue weighted by Crippen LogP contribution is 2.36. The molecule has 1 aromatic carbocycles. The number of hydroxylamine groups is 2. The summed E-state index contributed by atoms with van der Waals surface area (Å²) < 4.78 is -1.03. The normalized spacial score (nSPS) is 18.4. The van der Waals surface area contributed by atoms with E-state index >= 15 is 0 Å². The van der Waals surface area contributed by atoms with Gasteiger partial charge in [0.05, 0.1) is 12.2 Å². The molecular formula is C19H29N8O3+. The molecule has 30 heavy (non-hydrogen) atoms. The number of nitrogens with one attached hydrogen (secondary N) is 3. The number of hydrogen-bond acceptors (Lipinski definition) is 7. The average molecular weight is 417 g/mol. The molecule has 3 rings (SSSR count). The summed E-state index contributed by atoms with van der Waals surface area (Å²) in [4.78, 5) is 26.1. The number of quaternary nitrogens is 1. The van der Waals surface area contributed by atoms with Gasteiger partial charge in [0.1, 0.15) is 6.54 Å². The third-order valence-corrected chi connectivity index (χ3v) is 5.48. The maximum atomic E-state index is 13.0. The van der Waals surface area contributed by atoms with Gasteiger partial charge in [-0.15, -0.1) is 10.2 Å². The number of fused-ring (bicyclic) bond motifs is 1. The molecule has 3 atom stereocenters. The van der Waals surface area contributed by atoms with Gasteiger partial charge in [0, 0.05) is 13.0 Å². The molecule has 1 unspecified atom stereocenters. The van der Waals surface area contributed by atoms with Gasteiger partial charge in [0.15, 0.2) is 11.9 Å². The van der Waals surface area contributed by atoms with E-state index in [1.54, 1.807) is 6.92 Å². The zero-order valence-electron chi connectivity index (χ0n) is 17.5. The summed E-state index contributed by atoms with van der Waals surface area (Å²) in [6.07, 6.45) is 1.28. The van der Waals surface area contributed by atoms with Crippen molar-refractivity contribution in [1.82, 2.24) is 31.3 Å². The van der Waals surface area contributed by atoms with Gasteiger partial charge in [0.25, 0.3) is 0 Å². The summed E-state index contributed by atoms with van der Waals surface area (Å²) in [6, 6.07) is 6.06. The van der Waals surface area contributed by atoms with Gasteiger partial charge in [-0.05, 0) is 29.2 Å². The molecule has 1 aromatic heterocycles. The number of aromatic nitrogens is 4. The second-order valence-corrected chi connectivity index (χ2v) is 7.49. The van der Waals surface area contributed by atoms with Crippen LogP contribution in [0.2, 0.25) is 0 Å². The van der Waals surface area contributed by atoms with E-state index in [0.717, 1.165) is 12.0 Å². The minimum Gasteiger partial charge on any atom is -0.347 e. The Balaban J connectivity index is 1.85. The molecular weight excluding hydrogens is 388 g/mol. The van der Waals surface area contributed by atoms with Crippen molar-refractivity contribution in [3.05, 3.63) is 35.7 Å². The van der Waals surface area contributed by atoms with E-state index < -0.39 is 16.8 Å². The first-order valence-corrected chi connectivity index (χ1v) is 10.2. The second-order valence-electron chi connectivity index (χ2n) is 7.49. The van der Waals surface area contributed by atoms with Gasteiger partial charge < -0.3 is 10.6 Å². The molecule has 2 aromatic rings. The van der Waals surface area contributed by atoms with E-state index in [4.69, 9.17) is 0 Å². The second kappa shape index (κ2) is 9.18. The molecule has 1 aliphatic heterocycles. The lowest BCUT2D eigenvalue weighted by atomic mass is 10.1. The molecule has 0 fully saturated rings. The maximum absolute atomic E-state index is 13.0. The predicted molar refractivity (Wildman–Crippen MR) is 108 cm³/mol. The van der Waals surface area contributed by atoms with Crippen molar-refractivity contribution in [2.75, 3.05) is 18.1 Å². The van der Waals surface area contributed by atoms with Gasteiger partial charge >= 0.3 is 6.03 Å². The molecule has 0 saturated carbocycles. The highest BCUT2D eigenvalue weighted by atomic mass is 16.6. The SMILES string of the molecule is CC[C@H](C)CNC(=O)[N+](O)(CC)N1c2ccccc2C[C@H]1C(=O)NCc1nn[nH]n1. The molecule has 4 N–H and O–H groups in total. The summed E-state index contributed by atoms with van der Waals surface area (Å²) >= 11 is 0. The molecule has 2 heterocycles. The number of para-hydroxylation sites is 1. The van der Waals surface area contributed by atoms with E-state index in [1.807, 2.05) is 38.1 Å². The predicted octanol–water partition coefficient (Wildman–Crippen LogP) is 1.14. The molecule has 0 aliphatic carbocycles. The van der Waals surface area contributed by atoms with Crippen LogP contribution in [0.4, 0.5) is 10.5 Å². The summed E-state index contributed by atoms with van der Waals surface area (Å²) in [7, 11) is 0. The third kappa shape index (κ3) is 4.26. The Labute approximate surface area is 175 Å². The first-order valence-electron chi connectivity index (χ1n) is 10.2. The first kappa shape index (κ1) is 21.7. The van der Waals surface area contributed by atoms with E-state index in [1.165, 1.54) is 5.01 Å². The summed E-state index contributed by atoms with van der Waals surface area (Å²) in [5.41, 5.74) is 1.54. The van der Waals surface area contributed by atoms with Gasteiger partial charge in [-0.3, -0.25) is 4.79 Å². The topological polar surface area (TPSA) is 136 Å². The molecule has 0 bridgehead atoms. The molecule has 11 heteroatoms. The van der Waals surface area contributed by atoms with Crippen molar-refractivity contribution in [3.8, 4) is 0 Å². The zero-order chi connectivity index (χ0) is 21.7. The smallest absolute Gasteiger partial charge is 0.347 e. The number of amides is 3. The van der Waals surface area contributed by atoms with Crippen LogP contribution in [0, 0.1) is 5.92 Å². The number of carbonyl (C=O) groups is 2. The lowest BCUT2D eigenvalue weighted by Gasteiger charge is -2.37. The Bertz CT molecular complexity index is 874. The Hall–Kier alpha value is -3.05. The van der Waals surface area contributed by atoms with Crippen LogP contribution in [0.3, 0.4) is 0 Å². The number of urea groups is 1. The van der Waals surface area contributed by atoms with Crippen molar-refractivity contribution >= 4 is 17.6 Å². The van der Waals surface area contributed by atoms with Crippen LogP contribution in [0.15, 0.2) is 24.3 Å². The standard InChI is InChI=1S/C19H28N8O3/c1-4-13(3)11-21-19(29)27(30,5-2)26-15-9-7-6-8-14(15)10-16(26)18(28)20-12-17-22-24-25-23-17/h6-9,13,16,30H,4-5,10-12H2,1-3H3,(H2-,20,21,22,23,24,25,28,29)/p+1/t13-,16-,27?/m0/s1. The minimum atomic E-state index is -1.03. The fourth-order valence-electron chi connectivity index (χ4n) is 3.45. The quantitative estimate of drug-likeness (QED) is 0.287. The lowest BCUT2D eigenvalue weighted by Crippen LogP contribution is -2.69. The lowest BCUT2D eigenvalue weighted by molar-refractivity contribution is -1.04. The van der Waals surface area contributed by atoms with Crippen LogP contribution in [-0.4, -0.2) is 61.7 Å². The summed E-state index contributed by atoms with van der Waals surface area (Å²) in [6.45, 7) is 6.37. The van der Waals surface area contributed by atoms with Crippen LogP contribution in [0.25, 0.3) is 0 Å². The zero-order valence-corrected chi connectivity index (χ0v) is 17.5. The number of anilines is 1. The summed E-state index contributed by atoms with van der Waals surface area (Å²) in [5.74, 6) is 0.284. The fourth-order valence-corrected chi connectivity index (χ4v) is 3.45. The van der Waals surface area contributed by atoms with E-state index in [0.29, 0.717) is 24.5 Å². The fraction of sp³-hybridized carbons (Fsp3) is 0.526. The molecule has 11 nitrogen and oxygen atoms in total. The number of H-pyrrole nitrogens is 1. The first-order chi connectivity index (χ1) is 14.4. The summed E-state index contributed by atoms with van der Waals surface area (Å²) in [5, 5.41) is 31.9. The number of rotatable bonds is 8. The molecule has 3 amide bonds. The van der Waals surface area contributed by atoms with E-state index in [9.17, 15) is 14.8 Å². The van der Waals surface area contributed by atoms with Crippen molar-refractivity contribution in [2.45, 2.75) is 46.2 Å². The van der Waals surface area contributed by atoms with Crippen molar-refractivity contribution in [3.63, 3.8) is 0 Å². The van der Waals surface area contributed by atoms with E-state index in [-0.39, 0.29) is 24.9 Å². The van der Waals surface area contributed by atoms with Gasteiger partial charge in [-0.2, -0.15) is 15.4 Å². The Morgan fingerprint density at radius 3 is 2.77 bits per heavy atom. The van der Waals surface area contributed by atoms with Gasteiger partial charge in [-0.1, -0.05) is 43.7 Å². The molecule has 0 radical (unpaired) electrons. The highest BCUT2D eigenvalue weighted by Gasteiger charge is 2.52. The van der Waals surface area contributed by atoms with Crippen molar-refractivity contribution in [2.24, 2.45) is 5.92 Å². The van der Waals surface area contributed by atoms with Crippen molar-refractivity contribution in [1.29, 1.82) is 0 Å². The number of hydrogen-bond donors (Lipinski definition) is 4. The molecule has 162 valence electrons. The largest absolute Gasteiger partial charge is 0.474 e. The number of nitrogens with zero attached hydrogens (tertiary/aromatic N) is 5. The molecule has 1 aliphatic rings.